The van der Waals surface area contributed by atoms with Crippen LogP contribution in [0.4, 0.5) is 14.5 Å². The van der Waals surface area contributed by atoms with Crippen molar-refractivity contribution in [3.05, 3.63) is 46.2 Å². The Morgan fingerprint density at radius 1 is 1.21 bits per heavy atom. The molecule has 1 aliphatic rings. The Hall–Kier alpha value is -0.660. The first kappa shape index (κ1) is 23.6. The summed E-state index contributed by atoms with van der Waals surface area (Å²) in [6.07, 6.45) is 4.74. The maximum atomic E-state index is 12.6. The van der Waals surface area contributed by atoms with E-state index in [2.05, 4.69) is 52.3 Å². The van der Waals surface area contributed by atoms with Gasteiger partial charge in [-0.1, -0.05) is 23.2 Å². The molecule has 1 heterocycles. The molecule has 3 rings (SSSR count). The largest absolute Gasteiger partial charge is 0.489 e. The number of anilines is 1. The molecular formula is C17H14Cl2F2I2N2O3. The highest BCUT2D eigenvalue weighted by molar-refractivity contribution is 15.0. The SMILES string of the molecule is II.O=C(Nc1c(Cl)cncc1Cl)c1ccc(OC(F)F)c(OCC2CC2)c1. The summed E-state index contributed by atoms with van der Waals surface area (Å²) in [4.78, 5) is 16.3. The van der Waals surface area contributed by atoms with Gasteiger partial charge in [0, 0.05) is 55.2 Å². The molecule has 0 radical (unpaired) electrons. The third kappa shape index (κ3) is 6.99. The van der Waals surface area contributed by atoms with E-state index in [0.29, 0.717) is 12.5 Å². The number of rotatable bonds is 7. The third-order valence-corrected chi connectivity index (χ3v) is 4.26. The number of benzene rings is 1. The predicted molar refractivity (Wildman–Crippen MR) is 122 cm³/mol. The molecule has 0 atom stereocenters. The Morgan fingerprint density at radius 3 is 2.43 bits per heavy atom. The molecule has 1 saturated carbocycles. The fraction of sp³-hybridized carbons (Fsp3) is 0.294. The first-order chi connectivity index (χ1) is 13.4. The van der Waals surface area contributed by atoms with E-state index in [1.807, 2.05) is 0 Å². The second-order valence-corrected chi connectivity index (χ2v) is 6.54. The molecule has 5 nitrogen and oxygen atoms in total. The van der Waals surface area contributed by atoms with E-state index in [1.165, 1.54) is 30.6 Å². The van der Waals surface area contributed by atoms with Crippen LogP contribution in [-0.2, 0) is 0 Å². The number of carbonyl (C=O) groups is 1. The van der Waals surface area contributed by atoms with Crippen molar-refractivity contribution < 1.29 is 23.0 Å². The quantitative estimate of drug-likeness (QED) is 0.333. The first-order valence-electron chi connectivity index (χ1n) is 7.90. The second-order valence-electron chi connectivity index (χ2n) is 5.73. The number of hydrogen-bond acceptors (Lipinski definition) is 4. The summed E-state index contributed by atoms with van der Waals surface area (Å²) >= 11 is 16.2. The molecule has 11 heteroatoms. The number of hydrogen-bond donors (Lipinski definition) is 1. The van der Waals surface area contributed by atoms with Gasteiger partial charge in [0.1, 0.15) is 0 Å². The molecule has 0 aliphatic heterocycles. The van der Waals surface area contributed by atoms with Crippen LogP contribution in [0.5, 0.6) is 11.5 Å². The number of nitrogens with zero attached hydrogens (tertiary/aromatic N) is 1. The first-order valence-corrected chi connectivity index (χ1v) is 14.9. The van der Waals surface area contributed by atoms with Crippen molar-refractivity contribution >= 4 is 72.0 Å². The van der Waals surface area contributed by atoms with Crippen LogP contribution in [0.1, 0.15) is 23.2 Å². The zero-order valence-corrected chi connectivity index (χ0v) is 19.9. The Balaban J connectivity index is 0.00000136. The van der Waals surface area contributed by atoms with Crippen LogP contribution in [0.15, 0.2) is 30.6 Å². The number of pyridine rings is 1. The Labute approximate surface area is 193 Å². The van der Waals surface area contributed by atoms with E-state index >= 15 is 0 Å². The van der Waals surface area contributed by atoms with Gasteiger partial charge in [-0.05, 0) is 37.0 Å². The van der Waals surface area contributed by atoms with Crippen LogP contribution in [0.3, 0.4) is 0 Å². The van der Waals surface area contributed by atoms with E-state index < -0.39 is 12.5 Å². The van der Waals surface area contributed by atoms with Gasteiger partial charge in [0.2, 0.25) is 0 Å². The summed E-state index contributed by atoms with van der Waals surface area (Å²) in [5.74, 6) is -0.171. The number of alkyl halides is 2. The lowest BCUT2D eigenvalue weighted by atomic mass is 10.2. The van der Waals surface area contributed by atoms with Crippen LogP contribution in [0, 0.1) is 5.92 Å². The highest BCUT2D eigenvalue weighted by Crippen LogP contribution is 2.35. The monoisotopic (exact) mass is 656 g/mol. The second kappa shape index (κ2) is 11.5. The summed E-state index contributed by atoms with van der Waals surface area (Å²) in [6.45, 7) is -2.61. The van der Waals surface area contributed by atoms with Gasteiger partial charge in [0.05, 0.1) is 22.3 Å². The van der Waals surface area contributed by atoms with Crippen molar-refractivity contribution in [3.8, 4) is 11.5 Å². The molecular weight excluding hydrogens is 643 g/mol. The van der Waals surface area contributed by atoms with Crippen molar-refractivity contribution in [2.24, 2.45) is 5.92 Å². The van der Waals surface area contributed by atoms with Crippen molar-refractivity contribution in [2.75, 3.05) is 11.9 Å². The summed E-state index contributed by atoms with van der Waals surface area (Å²) in [6, 6.07) is 3.96. The lowest BCUT2D eigenvalue weighted by Crippen LogP contribution is -2.14. The summed E-state index contributed by atoms with van der Waals surface area (Å²) in [7, 11) is 0. The van der Waals surface area contributed by atoms with Crippen LogP contribution in [0.25, 0.3) is 0 Å². The number of amides is 1. The van der Waals surface area contributed by atoms with Gasteiger partial charge in [-0.2, -0.15) is 8.78 Å². The van der Waals surface area contributed by atoms with E-state index in [9.17, 15) is 13.6 Å². The Kier molecular flexibility index (Phi) is 9.71. The molecule has 152 valence electrons. The van der Waals surface area contributed by atoms with Gasteiger partial charge < -0.3 is 14.8 Å². The highest BCUT2D eigenvalue weighted by atomic mass is 128. The number of carbonyl (C=O) groups excluding carboxylic acids is 1. The van der Waals surface area contributed by atoms with Crippen LogP contribution in [0.2, 0.25) is 10.0 Å². The van der Waals surface area contributed by atoms with E-state index in [0.717, 1.165) is 12.8 Å². The minimum absolute atomic E-state index is 0.0803. The van der Waals surface area contributed by atoms with E-state index in [4.69, 9.17) is 27.9 Å². The molecule has 1 fully saturated rings. The molecule has 2 aromatic rings. The van der Waals surface area contributed by atoms with Gasteiger partial charge in [-0.15, -0.1) is 0 Å². The molecule has 0 unspecified atom stereocenters. The zero-order valence-electron chi connectivity index (χ0n) is 14.1. The smallest absolute Gasteiger partial charge is 0.387 e. The number of nitrogens with one attached hydrogen (secondary N) is 1. The Bertz CT molecular complexity index is 807. The predicted octanol–water partition coefficient (Wildman–Crippen LogP) is 6.80. The van der Waals surface area contributed by atoms with Crippen molar-refractivity contribution in [3.63, 3.8) is 0 Å². The minimum Gasteiger partial charge on any atom is -0.489 e. The number of ether oxygens (including phenoxy) is 2. The maximum Gasteiger partial charge on any atom is 0.387 e. The van der Waals surface area contributed by atoms with Crippen molar-refractivity contribution in [1.82, 2.24) is 4.98 Å². The lowest BCUT2D eigenvalue weighted by Gasteiger charge is -2.14. The molecule has 0 bridgehead atoms. The van der Waals surface area contributed by atoms with E-state index in [-0.39, 0.29) is 32.8 Å². The summed E-state index contributed by atoms with van der Waals surface area (Å²) in [5.41, 5.74) is 0.392. The topological polar surface area (TPSA) is 60.5 Å². The van der Waals surface area contributed by atoms with Crippen LogP contribution in [-0.4, -0.2) is 24.1 Å². The van der Waals surface area contributed by atoms with E-state index in [1.54, 1.807) is 0 Å². The number of halogens is 6. The minimum atomic E-state index is -2.99. The maximum absolute atomic E-state index is 12.6. The molecule has 1 N–H and O–H groups in total. The van der Waals surface area contributed by atoms with Gasteiger partial charge in [-0.25, -0.2) is 0 Å². The molecule has 0 saturated heterocycles. The Morgan fingerprint density at radius 2 is 1.86 bits per heavy atom. The summed E-state index contributed by atoms with van der Waals surface area (Å²) in [5, 5.41) is 2.92. The molecule has 1 aromatic heterocycles. The number of aromatic nitrogens is 1. The van der Waals surface area contributed by atoms with Crippen molar-refractivity contribution in [1.29, 1.82) is 0 Å². The average molecular weight is 657 g/mol. The zero-order chi connectivity index (χ0) is 20.7. The average Bonchev–Trinajstić information content (AvgIpc) is 3.49. The summed E-state index contributed by atoms with van der Waals surface area (Å²) < 4.78 is 35.1. The van der Waals surface area contributed by atoms with Gasteiger partial charge >= 0.3 is 6.61 Å². The van der Waals surface area contributed by atoms with Crippen molar-refractivity contribution in [2.45, 2.75) is 19.5 Å². The fourth-order valence-electron chi connectivity index (χ4n) is 2.16. The van der Waals surface area contributed by atoms with Gasteiger partial charge in [0.25, 0.3) is 5.91 Å². The molecule has 28 heavy (non-hydrogen) atoms. The standard InChI is InChI=1S/C17H14Cl2F2N2O3.I2/c18-11-6-22-7-12(19)15(11)23-16(24)10-3-4-13(26-17(20)21)14(5-10)25-8-9-1-2-9;1-2/h3-7,9,17H,1-2,8H2,(H,22,23,24);. The van der Waals surface area contributed by atoms with Crippen LogP contribution < -0.4 is 14.8 Å². The molecule has 1 amide bonds. The molecule has 1 aromatic carbocycles. The lowest BCUT2D eigenvalue weighted by molar-refractivity contribution is -0.0515. The normalized spacial score (nSPS) is 12.8. The van der Waals surface area contributed by atoms with Gasteiger partial charge in [-0.3, -0.25) is 9.78 Å². The molecule has 1 aliphatic carbocycles. The molecule has 0 spiro atoms. The van der Waals surface area contributed by atoms with Crippen LogP contribution >= 0.6 is 60.4 Å². The fourth-order valence-corrected chi connectivity index (χ4v) is 2.62. The third-order valence-electron chi connectivity index (χ3n) is 3.69. The highest BCUT2D eigenvalue weighted by Gasteiger charge is 2.23. The van der Waals surface area contributed by atoms with Gasteiger partial charge in [0.15, 0.2) is 11.5 Å².